The fourth-order valence-corrected chi connectivity index (χ4v) is 1.89. The van der Waals surface area contributed by atoms with Crippen LogP contribution in [0.1, 0.15) is 15.9 Å². The number of benzene rings is 2. The van der Waals surface area contributed by atoms with E-state index in [9.17, 15) is 14.0 Å². The number of carbonyl (C=O) groups excluding carboxylic acids is 2. The van der Waals surface area contributed by atoms with Gasteiger partial charge in [0.15, 0.2) is 0 Å². The van der Waals surface area contributed by atoms with Crippen molar-refractivity contribution in [3.63, 3.8) is 0 Å². The van der Waals surface area contributed by atoms with Crippen molar-refractivity contribution < 1.29 is 14.0 Å². The second-order valence-corrected chi connectivity index (χ2v) is 4.67. The fourth-order valence-electron chi connectivity index (χ4n) is 1.89. The van der Waals surface area contributed by atoms with Gasteiger partial charge in [0.2, 0.25) is 5.91 Å². The predicted octanol–water partition coefficient (Wildman–Crippen LogP) is 1.65. The molecule has 114 valence electrons. The van der Waals surface area contributed by atoms with E-state index >= 15 is 0 Å². The highest BCUT2D eigenvalue weighted by Crippen LogP contribution is 2.13. The van der Waals surface area contributed by atoms with Crippen LogP contribution in [0.15, 0.2) is 48.5 Å². The topological polar surface area (TPSA) is 84.2 Å². The van der Waals surface area contributed by atoms with Gasteiger partial charge in [-0.05, 0) is 29.8 Å². The first-order valence-electron chi connectivity index (χ1n) is 6.70. The molecule has 0 spiro atoms. The van der Waals surface area contributed by atoms with Crippen molar-refractivity contribution in [3.05, 3.63) is 65.5 Å². The van der Waals surface area contributed by atoms with Gasteiger partial charge in [0.25, 0.3) is 5.91 Å². The van der Waals surface area contributed by atoms with E-state index in [2.05, 4.69) is 10.6 Å². The lowest BCUT2D eigenvalue weighted by atomic mass is 10.1. The SMILES string of the molecule is NC(=O)c1ccccc1NCC(=O)NCc1ccc(F)cc1. The largest absolute Gasteiger partial charge is 0.376 e. The van der Waals surface area contributed by atoms with E-state index < -0.39 is 5.91 Å². The van der Waals surface area contributed by atoms with Crippen LogP contribution >= 0.6 is 0 Å². The van der Waals surface area contributed by atoms with Crippen molar-refractivity contribution >= 4 is 17.5 Å². The van der Waals surface area contributed by atoms with Crippen LogP contribution in [-0.4, -0.2) is 18.4 Å². The predicted molar refractivity (Wildman–Crippen MR) is 81.7 cm³/mol. The smallest absolute Gasteiger partial charge is 0.250 e. The van der Waals surface area contributed by atoms with Gasteiger partial charge in [0.1, 0.15) is 5.82 Å². The van der Waals surface area contributed by atoms with Gasteiger partial charge in [-0.2, -0.15) is 0 Å². The summed E-state index contributed by atoms with van der Waals surface area (Å²) < 4.78 is 12.8. The molecule has 0 radical (unpaired) electrons. The van der Waals surface area contributed by atoms with Crippen LogP contribution in [0.3, 0.4) is 0 Å². The molecule has 2 amide bonds. The minimum Gasteiger partial charge on any atom is -0.376 e. The standard InChI is InChI=1S/C16H16FN3O2/c17-12-7-5-11(6-8-12)9-20-15(21)10-19-14-4-2-1-3-13(14)16(18)22/h1-8,19H,9-10H2,(H2,18,22)(H,20,21). The molecule has 0 aliphatic carbocycles. The number of hydrogen-bond donors (Lipinski definition) is 3. The summed E-state index contributed by atoms with van der Waals surface area (Å²) in [5.74, 6) is -1.13. The van der Waals surface area contributed by atoms with Gasteiger partial charge < -0.3 is 16.4 Å². The number of hydrogen-bond acceptors (Lipinski definition) is 3. The van der Waals surface area contributed by atoms with Crippen molar-refractivity contribution in [1.82, 2.24) is 5.32 Å². The van der Waals surface area contributed by atoms with Gasteiger partial charge in [-0.25, -0.2) is 4.39 Å². The Hall–Kier alpha value is -2.89. The number of para-hydroxylation sites is 1. The molecule has 0 fully saturated rings. The molecule has 4 N–H and O–H groups in total. The lowest BCUT2D eigenvalue weighted by Gasteiger charge is -2.10. The van der Waals surface area contributed by atoms with Crippen LogP contribution in [0, 0.1) is 5.82 Å². The van der Waals surface area contributed by atoms with Crippen molar-refractivity contribution in [2.24, 2.45) is 5.73 Å². The van der Waals surface area contributed by atoms with Crippen LogP contribution in [0.25, 0.3) is 0 Å². The Labute approximate surface area is 127 Å². The first-order valence-corrected chi connectivity index (χ1v) is 6.70. The summed E-state index contributed by atoms with van der Waals surface area (Å²) in [4.78, 5) is 23.0. The van der Waals surface area contributed by atoms with E-state index in [0.717, 1.165) is 5.56 Å². The third-order valence-corrected chi connectivity index (χ3v) is 3.03. The molecule has 0 saturated carbocycles. The summed E-state index contributed by atoms with van der Waals surface area (Å²) >= 11 is 0. The maximum absolute atomic E-state index is 12.8. The van der Waals surface area contributed by atoms with Gasteiger partial charge in [0, 0.05) is 12.2 Å². The fraction of sp³-hybridized carbons (Fsp3) is 0.125. The Morgan fingerprint density at radius 2 is 1.73 bits per heavy atom. The molecule has 0 saturated heterocycles. The molecule has 0 atom stereocenters. The molecule has 0 aliphatic heterocycles. The summed E-state index contributed by atoms with van der Waals surface area (Å²) in [6.45, 7) is 0.309. The van der Waals surface area contributed by atoms with Crippen molar-refractivity contribution in [2.45, 2.75) is 6.54 Å². The average Bonchev–Trinajstić information content (AvgIpc) is 2.52. The highest BCUT2D eigenvalue weighted by atomic mass is 19.1. The Kier molecular flexibility index (Phi) is 5.08. The van der Waals surface area contributed by atoms with Crippen LogP contribution in [0.5, 0.6) is 0 Å². The van der Waals surface area contributed by atoms with E-state index in [4.69, 9.17) is 5.73 Å². The Balaban J connectivity index is 1.85. The van der Waals surface area contributed by atoms with Gasteiger partial charge in [0.05, 0.1) is 12.1 Å². The quantitative estimate of drug-likeness (QED) is 0.758. The number of anilines is 1. The third kappa shape index (κ3) is 4.31. The molecule has 2 aromatic carbocycles. The number of halogens is 1. The normalized spacial score (nSPS) is 10.0. The second kappa shape index (κ2) is 7.21. The zero-order chi connectivity index (χ0) is 15.9. The van der Waals surface area contributed by atoms with Crippen LogP contribution < -0.4 is 16.4 Å². The van der Waals surface area contributed by atoms with Gasteiger partial charge >= 0.3 is 0 Å². The van der Waals surface area contributed by atoms with E-state index in [1.165, 1.54) is 12.1 Å². The van der Waals surface area contributed by atoms with Gasteiger partial charge in [-0.3, -0.25) is 9.59 Å². The summed E-state index contributed by atoms with van der Waals surface area (Å²) in [7, 11) is 0. The molecule has 0 aromatic heterocycles. The molecule has 6 heteroatoms. The maximum atomic E-state index is 12.8. The highest BCUT2D eigenvalue weighted by Gasteiger charge is 2.08. The molecule has 2 rings (SSSR count). The average molecular weight is 301 g/mol. The lowest BCUT2D eigenvalue weighted by molar-refractivity contribution is -0.119. The molecule has 0 bridgehead atoms. The zero-order valence-corrected chi connectivity index (χ0v) is 11.8. The van der Waals surface area contributed by atoms with Crippen molar-refractivity contribution in [3.8, 4) is 0 Å². The minimum atomic E-state index is -0.560. The van der Waals surface area contributed by atoms with E-state index in [-0.39, 0.29) is 18.3 Å². The maximum Gasteiger partial charge on any atom is 0.250 e. The first-order chi connectivity index (χ1) is 10.6. The number of amides is 2. The van der Waals surface area contributed by atoms with E-state index in [1.807, 2.05) is 0 Å². The Morgan fingerprint density at radius 3 is 2.41 bits per heavy atom. The number of nitrogens with two attached hydrogens (primary N) is 1. The van der Waals surface area contributed by atoms with Crippen LogP contribution in [0.2, 0.25) is 0 Å². The third-order valence-electron chi connectivity index (χ3n) is 3.03. The van der Waals surface area contributed by atoms with Crippen LogP contribution in [0.4, 0.5) is 10.1 Å². The number of rotatable bonds is 6. The van der Waals surface area contributed by atoms with E-state index in [1.54, 1.807) is 36.4 Å². The first kappa shape index (κ1) is 15.5. The molecule has 0 heterocycles. The summed E-state index contributed by atoms with van der Waals surface area (Å²) in [6, 6.07) is 12.6. The summed E-state index contributed by atoms with van der Waals surface area (Å²) in [6.07, 6.45) is 0. The van der Waals surface area contributed by atoms with Gasteiger partial charge in [-0.1, -0.05) is 24.3 Å². The Bertz CT molecular complexity index is 671. The van der Waals surface area contributed by atoms with Crippen LogP contribution in [-0.2, 0) is 11.3 Å². The summed E-state index contributed by atoms with van der Waals surface area (Å²) in [5.41, 5.74) is 6.89. The molecule has 0 unspecified atom stereocenters. The summed E-state index contributed by atoms with van der Waals surface area (Å²) in [5, 5.41) is 5.56. The molecular formula is C16H16FN3O2. The minimum absolute atomic E-state index is 0.00544. The van der Waals surface area contributed by atoms with E-state index in [0.29, 0.717) is 17.8 Å². The lowest BCUT2D eigenvalue weighted by Crippen LogP contribution is -2.30. The number of carbonyl (C=O) groups is 2. The van der Waals surface area contributed by atoms with Crippen molar-refractivity contribution in [1.29, 1.82) is 0 Å². The monoisotopic (exact) mass is 301 g/mol. The molecule has 0 aliphatic rings. The Morgan fingerprint density at radius 1 is 1.05 bits per heavy atom. The van der Waals surface area contributed by atoms with Gasteiger partial charge in [-0.15, -0.1) is 0 Å². The number of nitrogens with one attached hydrogen (secondary N) is 2. The highest BCUT2D eigenvalue weighted by molar-refractivity contribution is 5.98. The molecule has 5 nitrogen and oxygen atoms in total. The second-order valence-electron chi connectivity index (χ2n) is 4.67. The molecule has 2 aromatic rings. The number of primary amides is 1. The zero-order valence-electron chi connectivity index (χ0n) is 11.8. The molecule has 22 heavy (non-hydrogen) atoms. The van der Waals surface area contributed by atoms with Crippen molar-refractivity contribution in [2.75, 3.05) is 11.9 Å². The molecular weight excluding hydrogens is 285 g/mol.